The van der Waals surface area contributed by atoms with Gasteiger partial charge in [-0.05, 0) is 36.8 Å². The smallest absolute Gasteiger partial charge is 0.235 e. The molecule has 2 nitrogen and oxygen atoms in total. The van der Waals surface area contributed by atoms with E-state index in [9.17, 15) is 4.79 Å². The highest BCUT2D eigenvalue weighted by Crippen LogP contribution is 2.17. The van der Waals surface area contributed by atoms with Gasteiger partial charge in [-0.3, -0.25) is 4.79 Å². The molecule has 4 heteroatoms. The van der Waals surface area contributed by atoms with Gasteiger partial charge < -0.3 is 4.90 Å². The van der Waals surface area contributed by atoms with Crippen LogP contribution in [0.1, 0.15) is 32.3 Å². The van der Waals surface area contributed by atoms with Crippen molar-refractivity contribution in [1.29, 1.82) is 0 Å². The van der Waals surface area contributed by atoms with Crippen molar-refractivity contribution in [2.45, 2.75) is 38.5 Å². The van der Waals surface area contributed by atoms with E-state index in [1.54, 1.807) is 11.8 Å². The maximum atomic E-state index is 12.2. The minimum Gasteiger partial charge on any atom is -0.340 e. The number of halogens is 1. The lowest BCUT2D eigenvalue weighted by atomic mass is 10.2. The predicted octanol–water partition coefficient (Wildman–Crippen LogP) is 4.33. The molecule has 0 saturated carbocycles. The van der Waals surface area contributed by atoms with Crippen molar-refractivity contribution in [3.63, 3.8) is 0 Å². The fourth-order valence-corrected chi connectivity index (χ4v) is 3.12. The first-order valence-corrected chi connectivity index (χ1v) is 8.49. The number of unbranched alkanes of at least 4 members (excludes halogenated alkanes) is 1. The van der Waals surface area contributed by atoms with Crippen LogP contribution in [0.3, 0.4) is 0 Å². The van der Waals surface area contributed by atoms with Crippen molar-refractivity contribution >= 4 is 33.6 Å². The Morgan fingerprint density at radius 3 is 2.58 bits per heavy atom. The molecule has 0 aliphatic heterocycles. The van der Waals surface area contributed by atoms with Crippen LogP contribution in [0.15, 0.2) is 28.7 Å². The maximum absolute atomic E-state index is 12.2. The first kappa shape index (κ1) is 16.6. The Balaban J connectivity index is 2.45. The molecule has 1 aromatic carbocycles. The summed E-state index contributed by atoms with van der Waals surface area (Å²) >= 11 is 5.17. The normalized spacial score (nSPS) is 12.2. The average molecular weight is 344 g/mol. The van der Waals surface area contributed by atoms with Crippen molar-refractivity contribution in [3.8, 4) is 0 Å². The number of carbonyl (C=O) groups excluding carboxylic acids is 1. The number of carbonyl (C=O) groups is 1. The van der Waals surface area contributed by atoms with Gasteiger partial charge in [0, 0.05) is 18.1 Å². The molecule has 19 heavy (non-hydrogen) atoms. The minimum atomic E-state index is 0.0481. The summed E-state index contributed by atoms with van der Waals surface area (Å²) in [4.78, 5) is 14.0. The van der Waals surface area contributed by atoms with Crippen molar-refractivity contribution in [1.82, 2.24) is 4.90 Å². The molecule has 0 heterocycles. The van der Waals surface area contributed by atoms with Crippen LogP contribution in [0.5, 0.6) is 0 Å². The van der Waals surface area contributed by atoms with Gasteiger partial charge in [0.15, 0.2) is 0 Å². The zero-order valence-electron chi connectivity index (χ0n) is 11.9. The van der Waals surface area contributed by atoms with E-state index in [2.05, 4.69) is 22.9 Å². The first-order valence-electron chi connectivity index (χ1n) is 6.65. The Bertz CT molecular complexity index is 394. The molecule has 1 amide bonds. The summed E-state index contributed by atoms with van der Waals surface area (Å²) in [6.07, 6.45) is 2.36. The molecule has 0 fully saturated rings. The van der Waals surface area contributed by atoms with E-state index < -0.39 is 0 Å². The van der Waals surface area contributed by atoms with Crippen molar-refractivity contribution < 1.29 is 4.79 Å². The maximum Gasteiger partial charge on any atom is 0.235 e. The Hall–Kier alpha value is -0.480. The Morgan fingerprint density at radius 1 is 1.37 bits per heavy atom. The highest BCUT2D eigenvalue weighted by atomic mass is 79.9. The molecule has 0 saturated heterocycles. The van der Waals surface area contributed by atoms with Crippen LogP contribution < -0.4 is 0 Å². The monoisotopic (exact) mass is 343 g/mol. The second-order valence-electron chi connectivity index (χ2n) is 4.69. The van der Waals surface area contributed by atoms with Crippen LogP contribution in [0.2, 0.25) is 0 Å². The standard InChI is InChI=1S/C15H22BrNOS/c1-4-5-10-19-12(2)15(18)17(3)11-13-6-8-14(16)9-7-13/h6-9,12H,4-5,10-11H2,1-3H3. The van der Waals surface area contributed by atoms with Crippen LogP contribution in [-0.4, -0.2) is 28.9 Å². The van der Waals surface area contributed by atoms with E-state index in [1.165, 1.54) is 12.8 Å². The van der Waals surface area contributed by atoms with Crippen LogP contribution in [0.25, 0.3) is 0 Å². The number of amides is 1. The lowest BCUT2D eigenvalue weighted by Crippen LogP contribution is -2.32. The van der Waals surface area contributed by atoms with Crippen molar-refractivity contribution in [3.05, 3.63) is 34.3 Å². The molecule has 1 rings (SSSR count). The Labute approximate surface area is 129 Å². The molecular weight excluding hydrogens is 322 g/mol. The third-order valence-electron chi connectivity index (χ3n) is 2.92. The van der Waals surface area contributed by atoms with E-state index in [-0.39, 0.29) is 11.2 Å². The van der Waals surface area contributed by atoms with Gasteiger partial charge >= 0.3 is 0 Å². The zero-order valence-corrected chi connectivity index (χ0v) is 14.3. The fraction of sp³-hybridized carbons (Fsp3) is 0.533. The zero-order chi connectivity index (χ0) is 14.3. The van der Waals surface area contributed by atoms with E-state index in [1.807, 2.05) is 43.1 Å². The van der Waals surface area contributed by atoms with Gasteiger partial charge in [0.2, 0.25) is 5.91 Å². The highest BCUT2D eigenvalue weighted by Gasteiger charge is 2.17. The molecule has 1 atom stereocenters. The molecule has 0 aliphatic carbocycles. The van der Waals surface area contributed by atoms with Crippen LogP contribution in [-0.2, 0) is 11.3 Å². The third-order valence-corrected chi connectivity index (χ3v) is 4.68. The summed E-state index contributed by atoms with van der Waals surface area (Å²) in [5.74, 6) is 1.28. The Morgan fingerprint density at radius 2 is 2.00 bits per heavy atom. The molecule has 106 valence electrons. The number of hydrogen-bond acceptors (Lipinski definition) is 2. The summed E-state index contributed by atoms with van der Waals surface area (Å²) in [6.45, 7) is 4.85. The molecule has 0 spiro atoms. The van der Waals surface area contributed by atoms with Gasteiger partial charge in [-0.15, -0.1) is 11.8 Å². The van der Waals surface area contributed by atoms with Gasteiger partial charge in [0.1, 0.15) is 0 Å². The molecule has 1 aromatic rings. The molecule has 0 aromatic heterocycles. The minimum absolute atomic E-state index is 0.0481. The lowest BCUT2D eigenvalue weighted by molar-refractivity contribution is -0.129. The molecule has 1 unspecified atom stereocenters. The summed E-state index contributed by atoms with van der Waals surface area (Å²) in [6, 6.07) is 8.10. The van der Waals surface area contributed by atoms with Crippen molar-refractivity contribution in [2.24, 2.45) is 0 Å². The third kappa shape index (κ3) is 6.00. The molecule has 0 radical (unpaired) electrons. The number of benzene rings is 1. The molecule has 0 aliphatic rings. The van der Waals surface area contributed by atoms with Gasteiger partial charge in [-0.2, -0.15) is 0 Å². The second-order valence-corrected chi connectivity index (χ2v) is 7.05. The number of rotatable bonds is 7. The number of nitrogens with zero attached hydrogens (tertiary/aromatic N) is 1. The summed E-state index contributed by atoms with van der Waals surface area (Å²) in [7, 11) is 1.88. The Kier molecular flexibility index (Phi) is 7.54. The second kappa shape index (κ2) is 8.64. The first-order chi connectivity index (χ1) is 9.04. The SMILES string of the molecule is CCCCSC(C)C(=O)N(C)Cc1ccc(Br)cc1. The quantitative estimate of drug-likeness (QED) is 0.686. The van der Waals surface area contributed by atoms with Crippen LogP contribution in [0, 0.1) is 0 Å². The topological polar surface area (TPSA) is 20.3 Å². The van der Waals surface area contributed by atoms with Crippen LogP contribution >= 0.6 is 27.7 Å². The van der Waals surface area contributed by atoms with Gasteiger partial charge in [-0.25, -0.2) is 0 Å². The van der Waals surface area contributed by atoms with E-state index in [0.29, 0.717) is 6.54 Å². The van der Waals surface area contributed by atoms with Gasteiger partial charge in [0.25, 0.3) is 0 Å². The van der Waals surface area contributed by atoms with E-state index >= 15 is 0 Å². The van der Waals surface area contributed by atoms with Crippen molar-refractivity contribution in [2.75, 3.05) is 12.8 Å². The molecular formula is C15H22BrNOS. The van der Waals surface area contributed by atoms with E-state index in [4.69, 9.17) is 0 Å². The van der Waals surface area contributed by atoms with E-state index in [0.717, 1.165) is 15.8 Å². The molecule has 0 bridgehead atoms. The van der Waals surface area contributed by atoms with Gasteiger partial charge in [0.05, 0.1) is 5.25 Å². The summed E-state index contributed by atoms with van der Waals surface area (Å²) in [5, 5.41) is 0.0481. The fourth-order valence-electron chi connectivity index (χ4n) is 1.73. The lowest BCUT2D eigenvalue weighted by Gasteiger charge is -2.21. The number of hydrogen-bond donors (Lipinski definition) is 0. The number of thioether (sulfide) groups is 1. The van der Waals surface area contributed by atoms with Crippen LogP contribution in [0.4, 0.5) is 0 Å². The van der Waals surface area contributed by atoms with Gasteiger partial charge in [-0.1, -0.05) is 41.4 Å². The highest BCUT2D eigenvalue weighted by molar-refractivity contribution is 9.10. The average Bonchev–Trinajstić information content (AvgIpc) is 2.40. The largest absolute Gasteiger partial charge is 0.340 e. The summed E-state index contributed by atoms with van der Waals surface area (Å²) < 4.78 is 1.06. The predicted molar refractivity (Wildman–Crippen MR) is 87.4 cm³/mol. The summed E-state index contributed by atoms with van der Waals surface area (Å²) in [5.41, 5.74) is 1.16. The molecule has 0 N–H and O–H groups in total.